The topological polar surface area (TPSA) is 65.4 Å². The van der Waals surface area contributed by atoms with Crippen LogP contribution in [0.15, 0.2) is 24.3 Å². The molecule has 2 aromatic rings. The van der Waals surface area contributed by atoms with Crippen LogP contribution in [0.2, 0.25) is 0 Å². The first kappa shape index (κ1) is 16.6. The van der Waals surface area contributed by atoms with E-state index in [0.717, 1.165) is 22.6 Å². The second-order valence-electron chi connectivity index (χ2n) is 5.14. The number of aromatic nitrogens is 2. The van der Waals surface area contributed by atoms with Crippen molar-refractivity contribution >= 4 is 17.7 Å². The lowest BCUT2D eigenvalue weighted by Crippen LogP contribution is -2.09. The average Bonchev–Trinajstić information content (AvgIpc) is 2.78. The smallest absolute Gasteiger partial charge is 0.248 e. The number of rotatable bonds is 5. The highest BCUT2D eigenvalue weighted by Crippen LogP contribution is 2.23. The molecule has 0 aliphatic carbocycles. The zero-order chi connectivity index (χ0) is 17.0. The molecule has 1 heterocycles. The maximum absolute atomic E-state index is 12.1. The molecule has 0 unspecified atom stereocenters. The Labute approximate surface area is 135 Å². The summed E-state index contributed by atoms with van der Waals surface area (Å²) in [5.74, 6) is 1.12. The van der Waals surface area contributed by atoms with Gasteiger partial charge in [0.25, 0.3) is 0 Å². The normalized spacial score (nSPS) is 10.8. The van der Waals surface area contributed by atoms with Crippen LogP contribution < -0.4 is 14.8 Å². The Balaban J connectivity index is 2.15. The summed E-state index contributed by atoms with van der Waals surface area (Å²) in [6.45, 7) is 3.77. The van der Waals surface area contributed by atoms with Gasteiger partial charge in [0.05, 0.1) is 31.3 Å². The van der Waals surface area contributed by atoms with E-state index in [-0.39, 0.29) is 5.91 Å². The fourth-order valence-electron chi connectivity index (χ4n) is 2.22. The number of anilines is 1. The van der Waals surface area contributed by atoms with E-state index in [0.29, 0.717) is 11.5 Å². The lowest BCUT2D eigenvalue weighted by molar-refractivity contribution is -0.111. The monoisotopic (exact) mass is 315 g/mol. The number of carbonyl (C=O) groups excluding carboxylic acids is 1. The third kappa shape index (κ3) is 3.91. The van der Waals surface area contributed by atoms with Gasteiger partial charge < -0.3 is 14.8 Å². The highest BCUT2D eigenvalue weighted by molar-refractivity contribution is 6.02. The van der Waals surface area contributed by atoms with E-state index in [4.69, 9.17) is 9.47 Å². The van der Waals surface area contributed by atoms with E-state index in [1.807, 2.05) is 33.0 Å². The molecular weight excluding hydrogens is 294 g/mol. The zero-order valence-electron chi connectivity index (χ0n) is 14.0. The van der Waals surface area contributed by atoms with E-state index in [1.165, 1.54) is 6.08 Å². The van der Waals surface area contributed by atoms with Crippen LogP contribution in [-0.4, -0.2) is 29.9 Å². The first-order chi connectivity index (χ1) is 10.9. The molecule has 0 atom stereocenters. The SMILES string of the molecule is COc1cc(C=CC(=O)Nc2c(C)nn(C)c2C)cc(OC)c1. The van der Waals surface area contributed by atoms with Crippen molar-refractivity contribution in [1.82, 2.24) is 9.78 Å². The molecule has 0 fully saturated rings. The molecule has 1 N–H and O–H groups in total. The van der Waals surface area contributed by atoms with Gasteiger partial charge in [-0.05, 0) is 37.6 Å². The van der Waals surface area contributed by atoms with Gasteiger partial charge in [-0.3, -0.25) is 9.48 Å². The first-order valence-corrected chi connectivity index (χ1v) is 7.17. The molecule has 6 heteroatoms. The van der Waals surface area contributed by atoms with Gasteiger partial charge in [-0.2, -0.15) is 5.10 Å². The number of nitrogens with one attached hydrogen (secondary N) is 1. The molecule has 6 nitrogen and oxygen atoms in total. The molecule has 1 aromatic heterocycles. The fraction of sp³-hybridized carbons (Fsp3) is 0.294. The number of carbonyl (C=O) groups is 1. The number of amides is 1. The number of aryl methyl sites for hydroxylation is 2. The van der Waals surface area contributed by atoms with Crippen LogP contribution in [0.25, 0.3) is 6.08 Å². The van der Waals surface area contributed by atoms with Gasteiger partial charge in [-0.15, -0.1) is 0 Å². The number of ether oxygens (including phenoxy) is 2. The molecule has 0 spiro atoms. The van der Waals surface area contributed by atoms with E-state index in [2.05, 4.69) is 10.4 Å². The Morgan fingerprint density at radius 2 is 1.78 bits per heavy atom. The highest BCUT2D eigenvalue weighted by Gasteiger charge is 2.10. The Hall–Kier alpha value is -2.76. The van der Waals surface area contributed by atoms with Crippen LogP contribution in [0.1, 0.15) is 17.0 Å². The predicted octanol–water partition coefficient (Wildman–Crippen LogP) is 2.71. The van der Waals surface area contributed by atoms with Crippen molar-refractivity contribution in [2.24, 2.45) is 7.05 Å². The van der Waals surface area contributed by atoms with Gasteiger partial charge in [0.2, 0.25) is 5.91 Å². The minimum absolute atomic E-state index is 0.217. The third-order valence-corrected chi connectivity index (χ3v) is 3.56. The molecule has 23 heavy (non-hydrogen) atoms. The molecule has 1 amide bonds. The number of nitrogens with zero attached hydrogens (tertiary/aromatic N) is 2. The minimum Gasteiger partial charge on any atom is -0.497 e. The average molecular weight is 315 g/mol. The maximum atomic E-state index is 12.1. The molecular formula is C17H21N3O3. The molecule has 0 aliphatic rings. The van der Waals surface area contributed by atoms with Gasteiger partial charge in [-0.25, -0.2) is 0 Å². The van der Waals surface area contributed by atoms with Crippen molar-refractivity contribution in [3.8, 4) is 11.5 Å². The molecule has 0 bridgehead atoms. The van der Waals surface area contributed by atoms with Gasteiger partial charge in [0.1, 0.15) is 11.5 Å². The second kappa shape index (κ2) is 7.00. The zero-order valence-corrected chi connectivity index (χ0v) is 14.0. The summed E-state index contributed by atoms with van der Waals surface area (Å²) in [5.41, 5.74) is 3.25. The summed E-state index contributed by atoms with van der Waals surface area (Å²) in [6, 6.07) is 5.43. The van der Waals surface area contributed by atoms with Crippen LogP contribution in [0.4, 0.5) is 5.69 Å². The van der Waals surface area contributed by atoms with Crippen LogP contribution >= 0.6 is 0 Å². The first-order valence-electron chi connectivity index (χ1n) is 7.17. The lowest BCUT2D eigenvalue weighted by atomic mass is 10.2. The summed E-state index contributed by atoms with van der Waals surface area (Å²) >= 11 is 0. The van der Waals surface area contributed by atoms with E-state index >= 15 is 0 Å². The summed E-state index contributed by atoms with van der Waals surface area (Å²) < 4.78 is 12.2. The Kier molecular flexibility index (Phi) is 5.05. The van der Waals surface area contributed by atoms with Crippen molar-refractivity contribution in [3.63, 3.8) is 0 Å². The molecule has 2 rings (SSSR count). The molecule has 0 saturated heterocycles. The number of hydrogen-bond acceptors (Lipinski definition) is 4. The van der Waals surface area contributed by atoms with Crippen molar-refractivity contribution < 1.29 is 14.3 Å². The summed E-state index contributed by atoms with van der Waals surface area (Å²) in [5, 5.41) is 7.13. The number of methoxy groups -OCH3 is 2. The number of benzene rings is 1. The summed E-state index contributed by atoms with van der Waals surface area (Å²) in [4.78, 5) is 12.1. The molecule has 0 aliphatic heterocycles. The van der Waals surface area contributed by atoms with Crippen LogP contribution in [0.5, 0.6) is 11.5 Å². The molecule has 0 saturated carbocycles. The van der Waals surface area contributed by atoms with Gasteiger partial charge in [-0.1, -0.05) is 0 Å². The van der Waals surface area contributed by atoms with Crippen LogP contribution in [0, 0.1) is 13.8 Å². The summed E-state index contributed by atoms with van der Waals surface area (Å²) in [7, 11) is 5.02. The van der Waals surface area contributed by atoms with Crippen LogP contribution in [0.3, 0.4) is 0 Å². The third-order valence-electron chi connectivity index (χ3n) is 3.56. The van der Waals surface area contributed by atoms with Crippen molar-refractivity contribution in [2.75, 3.05) is 19.5 Å². The van der Waals surface area contributed by atoms with E-state index < -0.39 is 0 Å². The second-order valence-corrected chi connectivity index (χ2v) is 5.14. The van der Waals surface area contributed by atoms with Gasteiger partial charge in [0, 0.05) is 19.2 Å². The Bertz CT molecular complexity index is 726. The Morgan fingerprint density at radius 3 is 2.26 bits per heavy atom. The van der Waals surface area contributed by atoms with Crippen molar-refractivity contribution in [1.29, 1.82) is 0 Å². The predicted molar refractivity (Wildman–Crippen MR) is 89.9 cm³/mol. The molecule has 122 valence electrons. The van der Waals surface area contributed by atoms with Crippen molar-refractivity contribution in [2.45, 2.75) is 13.8 Å². The highest BCUT2D eigenvalue weighted by atomic mass is 16.5. The maximum Gasteiger partial charge on any atom is 0.248 e. The summed E-state index contributed by atoms with van der Waals surface area (Å²) in [6.07, 6.45) is 3.18. The fourth-order valence-corrected chi connectivity index (χ4v) is 2.22. The number of hydrogen-bond donors (Lipinski definition) is 1. The minimum atomic E-state index is -0.217. The van der Waals surface area contributed by atoms with E-state index in [9.17, 15) is 4.79 Å². The van der Waals surface area contributed by atoms with E-state index in [1.54, 1.807) is 31.0 Å². The quantitative estimate of drug-likeness (QED) is 0.862. The molecule has 1 aromatic carbocycles. The standard InChI is InChI=1S/C17H21N3O3/c1-11-17(12(2)20(3)19-11)18-16(21)7-6-13-8-14(22-4)10-15(9-13)23-5/h6-10H,1-5H3,(H,18,21). The Morgan fingerprint density at radius 1 is 1.17 bits per heavy atom. The van der Waals surface area contributed by atoms with Gasteiger partial charge >= 0.3 is 0 Å². The van der Waals surface area contributed by atoms with Crippen LogP contribution in [-0.2, 0) is 11.8 Å². The largest absolute Gasteiger partial charge is 0.497 e. The molecule has 0 radical (unpaired) electrons. The van der Waals surface area contributed by atoms with Crippen molar-refractivity contribution in [3.05, 3.63) is 41.2 Å². The lowest BCUT2D eigenvalue weighted by Gasteiger charge is -2.06. The van der Waals surface area contributed by atoms with Gasteiger partial charge in [0.15, 0.2) is 0 Å².